The first kappa shape index (κ1) is 17.8. The minimum Gasteiger partial charge on any atom is -0.496 e. The molecule has 0 unspecified atom stereocenters. The van der Waals surface area contributed by atoms with Gasteiger partial charge < -0.3 is 18.4 Å². The zero-order chi connectivity index (χ0) is 19.5. The number of rotatable bonds is 6. The fraction of sp³-hybridized carbons (Fsp3) is 0.190. The lowest BCUT2D eigenvalue weighted by Gasteiger charge is -2.06. The maximum Gasteiger partial charge on any atom is 0.336 e. The van der Waals surface area contributed by atoms with Gasteiger partial charge in [-0.1, -0.05) is 24.2 Å². The predicted molar refractivity (Wildman–Crippen MR) is 102 cm³/mol. The summed E-state index contributed by atoms with van der Waals surface area (Å²) in [4.78, 5) is 16.0. The van der Waals surface area contributed by atoms with Crippen molar-refractivity contribution in [1.29, 1.82) is 0 Å². The van der Waals surface area contributed by atoms with Crippen molar-refractivity contribution in [2.75, 3.05) is 7.11 Å². The Hall–Kier alpha value is -3.61. The molecule has 0 saturated heterocycles. The first-order valence-electron chi connectivity index (χ1n) is 8.83. The first-order chi connectivity index (χ1) is 13.7. The first-order valence-corrected chi connectivity index (χ1v) is 8.83. The van der Waals surface area contributed by atoms with E-state index in [0.717, 1.165) is 22.9 Å². The van der Waals surface area contributed by atoms with Crippen LogP contribution in [0.5, 0.6) is 11.5 Å². The van der Waals surface area contributed by atoms with E-state index in [1.165, 1.54) is 6.07 Å². The Kier molecular flexibility index (Phi) is 4.80. The molecular formula is C21H18N2O5. The SMILES string of the molecule is CCc1cc(=O)oc2cc(OCc3nc(-c4ccccc4OC)no3)ccc12. The highest BCUT2D eigenvalue weighted by molar-refractivity contribution is 5.81. The zero-order valence-corrected chi connectivity index (χ0v) is 15.5. The molecule has 0 amide bonds. The molecule has 4 rings (SSSR count). The topological polar surface area (TPSA) is 87.6 Å². The van der Waals surface area contributed by atoms with E-state index in [2.05, 4.69) is 10.1 Å². The molecule has 0 aliphatic carbocycles. The van der Waals surface area contributed by atoms with Gasteiger partial charge in [-0.05, 0) is 36.2 Å². The Morgan fingerprint density at radius 3 is 2.79 bits per heavy atom. The minimum absolute atomic E-state index is 0.0886. The van der Waals surface area contributed by atoms with E-state index >= 15 is 0 Å². The molecule has 0 bridgehead atoms. The third-order valence-electron chi connectivity index (χ3n) is 4.36. The van der Waals surface area contributed by atoms with E-state index in [0.29, 0.717) is 28.8 Å². The van der Waals surface area contributed by atoms with Crippen molar-refractivity contribution in [2.24, 2.45) is 0 Å². The van der Waals surface area contributed by atoms with Crippen molar-refractivity contribution >= 4 is 11.0 Å². The van der Waals surface area contributed by atoms with Crippen molar-refractivity contribution in [3.8, 4) is 22.9 Å². The van der Waals surface area contributed by atoms with Crippen LogP contribution in [-0.2, 0) is 13.0 Å². The van der Waals surface area contributed by atoms with Gasteiger partial charge in [0.2, 0.25) is 5.82 Å². The number of aromatic nitrogens is 2. The minimum atomic E-state index is -0.375. The second-order valence-electron chi connectivity index (χ2n) is 6.10. The summed E-state index contributed by atoms with van der Waals surface area (Å²) in [5, 5.41) is 4.88. The lowest BCUT2D eigenvalue weighted by atomic mass is 10.1. The zero-order valence-electron chi connectivity index (χ0n) is 15.5. The van der Waals surface area contributed by atoms with Crippen LogP contribution < -0.4 is 15.1 Å². The molecule has 7 nitrogen and oxygen atoms in total. The summed E-state index contributed by atoms with van der Waals surface area (Å²) in [5.74, 6) is 1.95. The van der Waals surface area contributed by atoms with Gasteiger partial charge in [-0.15, -0.1) is 0 Å². The van der Waals surface area contributed by atoms with Gasteiger partial charge in [0, 0.05) is 17.5 Å². The van der Waals surface area contributed by atoms with E-state index in [1.807, 2.05) is 43.3 Å². The van der Waals surface area contributed by atoms with Crippen molar-refractivity contribution in [1.82, 2.24) is 10.1 Å². The molecule has 7 heteroatoms. The van der Waals surface area contributed by atoms with Gasteiger partial charge in [-0.25, -0.2) is 4.79 Å². The fourth-order valence-corrected chi connectivity index (χ4v) is 2.99. The van der Waals surface area contributed by atoms with E-state index in [1.54, 1.807) is 13.2 Å². The molecule has 2 aromatic heterocycles. The summed E-state index contributed by atoms with van der Waals surface area (Å²) < 4.78 is 21.6. The molecule has 2 heterocycles. The highest BCUT2D eigenvalue weighted by Gasteiger charge is 2.13. The van der Waals surface area contributed by atoms with Crippen molar-refractivity contribution in [2.45, 2.75) is 20.0 Å². The normalized spacial score (nSPS) is 10.9. The summed E-state index contributed by atoms with van der Waals surface area (Å²) in [6.07, 6.45) is 0.746. The number of hydrogen-bond acceptors (Lipinski definition) is 7. The molecule has 0 atom stereocenters. The smallest absolute Gasteiger partial charge is 0.336 e. The lowest BCUT2D eigenvalue weighted by Crippen LogP contribution is -2.01. The number of methoxy groups -OCH3 is 1. The summed E-state index contributed by atoms with van der Waals surface area (Å²) in [7, 11) is 1.59. The molecule has 0 radical (unpaired) electrons. The number of ether oxygens (including phenoxy) is 2. The van der Waals surface area contributed by atoms with Crippen LogP contribution in [0, 0.1) is 0 Å². The van der Waals surface area contributed by atoms with Gasteiger partial charge in [-0.3, -0.25) is 0 Å². The van der Waals surface area contributed by atoms with Crippen LogP contribution in [0.3, 0.4) is 0 Å². The highest BCUT2D eigenvalue weighted by Crippen LogP contribution is 2.27. The number of aryl methyl sites for hydroxylation is 1. The van der Waals surface area contributed by atoms with Gasteiger partial charge in [-0.2, -0.15) is 4.98 Å². The van der Waals surface area contributed by atoms with Crippen LogP contribution in [0.25, 0.3) is 22.4 Å². The number of nitrogens with zero attached hydrogens (tertiary/aromatic N) is 2. The van der Waals surface area contributed by atoms with Crippen molar-refractivity contribution in [3.63, 3.8) is 0 Å². The van der Waals surface area contributed by atoms with Crippen LogP contribution in [0.4, 0.5) is 0 Å². The van der Waals surface area contributed by atoms with Gasteiger partial charge in [0.1, 0.15) is 17.1 Å². The molecule has 0 aliphatic rings. The summed E-state index contributed by atoms with van der Waals surface area (Å²) in [6.45, 7) is 2.08. The molecule has 0 saturated carbocycles. The third-order valence-corrected chi connectivity index (χ3v) is 4.36. The molecular weight excluding hydrogens is 360 g/mol. The summed E-state index contributed by atoms with van der Waals surface area (Å²) in [6, 6.07) is 14.3. The van der Waals surface area contributed by atoms with Gasteiger partial charge >= 0.3 is 5.63 Å². The van der Waals surface area contributed by atoms with Gasteiger partial charge in [0.25, 0.3) is 5.89 Å². The van der Waals surface area contributed by atoms with Crippen LogP contribution in [0.2, 0.25) is 0 Å². The Labute approximate surface area is 160 Å². The molecule has 142 valence electrons. The van der Waals surface area contributed by atoms with Crippen molar-refractivity contribution in [3.05, 3.63) is 70.4 Å². The second-order valence-corrected chi connectivity index (χ2v) is 6.10. The average molecular weight is 378 g/mol. The van der Waals surface area contributed by atoms with Crippen LogP contribution in [-0.4, -0.2) is 17.3 Å². The number of para-hydroxylation sites is 1. The van der Waals surface area contributed by atoms with E-state index in [9.17, 15) is 4.79 Å². The van der Waals surface area contributed by atoms with Crippen LogP contribution in [0.15, 0.2) is 62.3 Å². The van der Waals surface area contributed by atoms with E-state index < -0.39 is 0 Å². The van der Waals surface area contributed by atoms with Gasteiger partial charge in [0.05, 0.1) is 12.7 Å². The Morgan fingerprint density at radius 2 is 1.96 bits per heavy atom. The molecule has 28 heavy (non-hydrogen) atoms. The maximum atomic E-state index is 11.7. The number of benzene rings is 2. The molecule has 0 spiro atoms. The summed E-state index contributed by atoms with van der Waals surface area (Å²) >= 11 is 0. The molecule has 0 aliphatic heterocycles. The fourth-order valence-electron chi connectivity index (χ4n) is 2.99. The standard InChI is InChI=1S/C21H18N2O5/c1-3-13-10-20(24)27-18-11-14(8-9-15(13)18)26-12-19-22-21(23-28-19)16-6-4-5-7-17(16)25-2/h4-11H,3,12H2,1-2H3. The van der Waals surface area contributed by atoms with E-state index in [4.69, 9.17) is 18.4 Å². The Morgan fingerprint density at radius 1 is 1.11 bits per heavy atom. The molecule has 2 aromatic carbocycles. The lowest BCUT2D eigenvalue weighted by molar-refractivity contribution is 0.243. The molecule has 4 aromatic rings. The number of fused-ring (bicyclic) bond motifs is 1. The largest absolute Gasteiger partial charge is 0.496 e. The Bertz CT molecular complexity index is 1180. The summed E-state index contributed by atoms with van der Waals surface area (Å²) in [5.41, 5.74) is 1.79. The molecule has 0 N–H and O–H groups in total. The third kappa shape index (κ3) is 3.46. The van der Waals surface area contributed by atoms with E-state index in [-0.39, 0.29) is 12.2 Å². The maximum absolute atomic E-state index is 11.7. The second kappa shape index (κ2) is 7.56. The predicted octanol–water partition coefficient (Wildman–Crippen LogP) is 3.99. The van der Waals surface area contributed by atoms with Crippen molar-refractivity contribution < 1.29 is 18.4 Å². The van der Waals surface area contributed by atoms with Crippen LogP contribution >= 0.6 is 0 Å². The molecule has 0 fully saturated rings. The van der Waals surface area contributed by atoms with Crippen LogP contribution in [0.1, 0.15) is 18.4 Å². The number of hydrogen-bond donors (Lipinski definition) is 0. The average Bonchev–Trinajstić information content (AvgIpc) is 3.20. The quantitative estimate of drug-likeness (QED) is 0.469. The Balaban J connectivity index is 1.54. The van der Waals surface area contributed by atoms with Gasteiger partial charge in [0.15, 0.2) is 6.61 Å². The monoisotopic (exact) mass is 378 g/mol. The highest BCUT2D eigenvalue weighted by atomic mass is 16.5.